The van der Waals surface area contributed by atoms with Crippen molar-refractivity contribution < 1.29 is 30.6 Å². The van der Waals surface area contributed by atoms with Crippen LogP contribution < -0.4 is 0 Å². The van der Waals surface area contributed by atoms with E-state index in [9.17, 15) is 30.6 Å². The Labute approximate surface area is 386 Å². The van der Waals surface area contributed by atoms with Gasteiger partial charge in [-0.1, -0.05) is 134 Å². The van der Waals surface area contributed by atoms with Crippen LogP contribution in [0.3, 0.4) is 0 Å². The molecule has 0 spiro atoms. The molecule has 1 aliphatic carbocycles. The molecule has 0 amide bonds. The molecule has 0 heterocycles. The van der Waals surface area contributed by atoms with E-state index < -0.39 is 0 Å². The molecule has 6 nitrogen and oxygen atoms in total. The summed E-state index contributed by atoms with van der Waals surface area (Å²) in [5.41, 5.74) is 8.19. The van der Waals surface area contributed by atoms with Gasteiger partial charge in [0.05, 0.1) is 0 Å². The van der Waals surface area contributed by atoms with E-state index in [-0.39, 0.29) is 89.3 Å². The monoisotopic (exact) mass is 906 g/mol. The third kappa shape index (κ3) is 9.74. The minimum Gasteiger partial charge on any atom is -0.507 e. The molecule has 0 unspecified atom stereocenters. The standard InChI is InChI=1S/C54H57Cl3O6/c1-52(2,3)40-16-28-10-34-22-43(55)24-36(49(34)61)12-30-18-41(53(4,5)6)20-32(47(30)59)14-38-26-45(57)27-39(51(38)63)15-33-21-42(54(7,8)9)19-31(48(33)60)13-37-25-44(56)23-35(50(37)62)11-29(17-40)46(28)58/h16-27,58-63H,10-15H2,1-9H3. The number of hydrogen-bond acceptors (Lipinski definition) is 6. The minimum absolute atomic E-state index is 0.00610. The van der Waals surface area contributed by atoms with Gasteiger partial charge in [-0.15, -0.1) is 0 Å². The summed E-state index contributed by atoms with van der Waals surface area (Å²) in [4.78, 5) is 0. The highest BCUT2D eigenvalue weighted by Crippen LogP contribution is 2.43. The smallest absolute Gasteiger partial charge is 0.122 e. The zero-order valence-electron chi connectivity index (χ0n) is 37.5. The summed E-state index contributed by atoms with van der Waals surface area (Å²) in [5, 5.41) is 73.1. The number of hydrogen-bond donors (Lipinski definition) is 6. The molecular formula is C54H57Cl3O6. The van der Waals surface area contributed by atoms with Gasteiger partial charge in [0.25, 0.3) is 0 Å². The first-order chi connectivity index (χ1) is 29.3. The molecule has 0 radical (unpaired) electrons. The van der Waals surface area contributed by atoms with Gasteiger partial charge in [-0.2, -0.15) is 0 Å². The summed E-state index contributed by atoms with van der Waals surface area (Å²) in [6, 6.07) is 21.8. The van der Waals surface area contributed by atoms with E-state index in [0.29, 0.717) is 81.8 Å². The lowest BCUT2D eigenvalue weighted by molar-refractivity contribution is 0.450. The van der Waals surface area contributed by atoms with Crippen LogP contribution in [0.5, 0.6) is 34.5 Å². The molecule has 0 atom stereocenters. The summed E-state index contributed by atoms with van der Waals surface area (Å²) < 4.78 is 0. The van der Waals surface area contributed by atoms with Gasteiger partial charge in [0.2, 0.25) is 0 Å². The topological polar surface area (TPSA) is 121 Å². The van der Waals surface area contributed by atoms with Crippen LogP contribution in [0.25, 0.3) is 0 Å². The second-order valence-corrected chi connectivity index (χ2v) is 21.8. The van der Waals surface area contributed by atoms with E-state index >= 15 is 0 Å². The molecule has 1 aliphatic rings. The summed E-state index contributed by atoms with van der Waals surface area (Å²) in [6.07, 6.45) is 0.811. The molecular weight excluding hydrogens is 851 g/mol. The molecule has 330 valence electrons. The fourth-order valence-corrected chi connectivity index (χ4v) is 9.37. The maximum absolute atomic E-state index is 12.0. The van der Waals surface area contributed by atoms with Crippen LogP contribution in [0.1, 0.15) is 146 Å². The van der Waals surface area contributed by atoms with Gasteiger partial charge in [0, 0.05) is 87.0 Å². The number of phenolic OH excluding ortho intramolecular Hbond substituents is 6. The SMILES string of the molecule is CC(C)(C)c1cc2c(O)c(c1)Cc1cc(Cl)cc(c1O)Cc1cc(C(C)(C)C)cc(c1O)Cc1cc(Cl)cc(c1O)Cc1cc(C(C)(C)C)cc(c1O)Cc1cc(Cl)cc(c1O)C2. The van der Waals surface area contributed by atoms with Crippen molar-refractivity contribution in [2.45, 2.75) is 117 Å². The summed E-state index contributed by atoms with van der Waals surface area (Å²) in [6.45, 7) is 18.8. The number of fused-ring (bicyclic) bond motifs is 12. The van der Waals surface area contributed by atoms with Crippen LogP contribution in [-0.2, 0) is 54.8 Å². The van der Waals surface area contributed by atoms with Gasteiger partial charge >= 0.3 is 0 Å². The van der Waals surface area contributed by atoms with Gasteiger partial charge in [0.1, 0.15) is 34.5 Å². The first-order valence-corrected chi connectivity index (χ1v) is 22.5. The summed E-state index contributed by atoms with van der Waals surface area (Å²) in [5.74, 6) is 0.0406. The fraction of sp³-hybridized carbons (Fsp3) is 0.333. The molecule has 12 bridgehead atoms. The lowest BCUT2D eigenvalue weighted by Crippen LogP contribution is -2.13. The van der Waals surface area contributed by atoms with E-state index in [1.54, 1.807) is 36.4 Å². The molecule has 0 fully saturated rings. The lowest BCUT2D eigenvalue weighted by Gasteiger charge is -2.24. The Morgan fingerprint density at radius 3 is 0.524 bits per heavy atom. The second kappa shape index (κ2) is 16.8. The van der Waals surface area contributed by atoms with Crippen LogP contribution in [0.15, 0.2) is 72.8 Å². The second-order valence-electron chi connectivity index (χ2n) is 20.5. The van der Waals surface area contributed by atoms with Crippen LogP contribution in [0, 0.1) is 0 Å². The normalized spacial score (nSPS) is 13.7. The molecule has 0 saturated carbocycles. The van der Waals surface area contributed by atoms with Crippen molar-refractivity contribution in [2.24, 2.45) is 0 Å². The Hall–Kier alpha value is -5.01. The molecule has 7 rings (SSSR count). The summed E-state index contributed by atoms with van der Waals surface area (Å²) >= 11 is 20.4. The Bertz CT molecular complexity index is 2340. The predicted octanol–water partition coefficient (Wildman–Crippen LogP) is 13.6. The van der Waals surface area contributed by atoms with Gasteiger partial charge < -0.3 is 30.6 Å². The van der Waals surface area contributed by atoms with E-state index in [1.807, 2.05) is 36.4 Å². The average molecular weight is 908 g/mol. The molecule has 0 aliphatic heterocycles. The first kappa shape index (κ1) is 46.0. The number of benzene rings is 6. The zero-order valence-corrected chi connectivity index (χ0v) is 39.8. The molecule has 6 aromatic rings. The highest BCUT2D eigenvalue weighted by atomic mass is 35.5. The third-order valence-electron chi connectivity index (χ3n) is 12.4. The molecule has 0 saturated heterocycles. The Balaban J connectivity index is 1.50. The third-order valence-corrected chi connectivity index (χ3v) is 13.0. The van der Waals surface area contributed by atoms with Crippen molar-refractivity contribution in [3.8, 4) is 34.5 Å². The van der Waals surface area contributed by atoms with Crippen molar-refractivity contribution in [3.63, 3.8) is 0 Å². The van der Waals surface area contributed by atoms with E-state index in [1.165, 1.54) is 0 Å². The van der Waals surface area contributed by atoms with Crippen molar-refractivity contribution in [1.82, 2.24) is 0 Å². The lowest BCUT2D eigenvalue weighted by atomic mass is 9.81. The molecule has 0 aromatic heterocycles. The van der Waals surface area contributed by atoms with Gasteiger partial charge in [0.15, 0.2) is 0 Å². The van der Waals surface area contributed by atoms with Crippen molar-refractivity contribution >= 4 is 34.8 Å². The van der Waals surface area contributed by atoms with Gasteiger partial charge in [-0.3, -0.25) is 0 Å². The van der Waals surface area contributed by atoms with Gasteiger partial charge in [-0.25, -0.2) is 0 Å². The maximum atomic E-state index is 12.0. The highest BCUT2D eigenvalue weighted by molar-refractivity contribution is 6.31. The van der Waals surface area contributed by atoms with Crippen LogP contribution in [0.2, 0.25) is 15.1 Å². The van der Waals surface area contributed by atoms with Crippen molar-refractivity contribution in [1.29, 1.82) is 0 Å². The van der Waals surface area contributed by atoms with E-state index in [2.05, 4.69) is 62.3 Å². The minimum atomic E-state index is -0.327. The Kier molecular flexibility index (Phi) is 12.3. The number of aromatic hydroxyl groups is 6. The Morgan fingerprint density at radius 1 is 0.270 bits per heavy atom. The Morgan fingerprint density at radius 2 is 0.397 bits per heavy atom. The van der Waals surface area contributed by atoms with Crippen molar-refractivity contribution in [2.75, 3.05) is 0 Å². The van der Waals surface area contributed by atoms with Crippen LogP contribution >= 0.6 is 34.8 Å². The largest absolute Gasteiger partial charge is 0.507 e. The van der Waals surface area contributed by atoms with Crippen LogP contribution in [0.4, 0.5) is 0 Å². The summed E-state index contributed by atoms with van der Waals surface area (Å²) in [7, 11) is 0. The fourth-order valence-electron chi connectivity index (χ4n) is 8.58. The molecule has 6 aromatic carbocycles. The van der Waals surface area contributed by atoms with E-state index in [4.69, 9.17) is 34.8 Å². The predicted molar refractivity (Wildman–Crippen MR) is 257 cm³/mol. The quantitative estimate of drug-likeness (QED) is 0.0901. The molecule has 9 heteroatoms. The number of phenols is 6. The maximum Gasteiger partial charge on any atom is 0.122 e. The molecule has 63 heavy (non-hydrogen) atoms. The molecule has 6 N–H and O–H groups in total. The van der Waals surface area contributed by atoms with Gasteiger partial charge in [-0.05, 0) is 103 Å². The van der Waals surface area contributed by atoms with E-state index in [0.717, 1.165) is 16.7 Å². The number of rotatable bonds is 0. The first-order valence-electron chi connectivity index (χ1n) is 21.3. The van der Waals surface area contributed by atoms with Crippen LogP contribution in [-0.4, -0.2) is 30.6 Å². The average Bonchev–Trinajstić information content (AvgIpc) is 3.16. The number of halogens is 3. The zero-order chi connectivity index (χ0) is 46.1. The highest BCUT2D eigenvalue weighted by Gasteiger charge is 2.26. The van der Waals surface area contributed by atoms with Crippen molar-refractivity contribution in [3.05, 3.63) is 171 Å².